The second kappa shape index (κ2) is 6.93. The van der Waals surface area contributed by atoms with E-state index in [2.05, 4.69) is 35.3 Å². The molecule has 3 nitrogen and oxygen atoms in total. The topological polar surface area (TPSA) is 33.2 Å². The summed E-state index contributed by atoms with van der Waals surface area (Å²) in [6, 6.07) is 14.3. The molecule has 1 aromatic carbocycles. The first kappa shape index (κ1) is 16.7. The molecule has 0 unspecified atom stereocenters. The Hall–Kier alpha value is -2.46. The second-order valence-electron chi connectivity index (χ2n) is 7.74. The summed E-state index contributed by atoms with van der Waals surface area (Å²) in [5, 5.41) is 1.15. The molecule has 27 heavy (non-hydrogen) atoms. The molecule has 1 saturated carbocycles. The lowest BCUT2D eigenvalue weighted by molar-refractivity contribution is 0.0709. The van der Waals surface area contributed by atoms with Gasteiger partial charge in [0.05, 0.1) is 4.88 Å². The molecule has 4 heteroatoms. The van der Waals surface area contributed by atoms with Crippen molar-refractivity contribution in [2.45, 2.75) is 19.4 Å². The summed E-state index contributed by atoms with van der Waals surface area (Å²) in [4.78, 5) is 20.5. The van der Waals surface area contributed by atoms with E-state index in [-0.39, 0.29) is 5.91 Å². The Bertz CT molecular complexity index is 961. The number of hydrogen-bond donors (Lipinski definition) is 0. The molecular formula is C23H22N2OS. The summed E-state index contributed by atoms with van der Waals surface area (Å²) in [5.74, 6) is 2.09. The van der Waals surface area contributed by atoms with Gasteiger partial charge >= 0.3 is 0 Å². The average molecular weight is 375 g/mol. The lowest BCUT2D eigenvalue weighted by Crippen LogP contribution is -2.35. The monoisotopic (exact) mass is 374 g/mol. The highest BCUT2D eigenvalue weighted by Gasteiger charge is 2.37. The molecule has 0 saturated heterocycles. The number of carbonyl (C=O) groups excluding carboxylic acids is 1. The normalized spacial score (nSPS) is 23.2. The number of carbonyl (C=O) groups is 1. The van der Waals surface area contributed by atoms with E-state index in [1.807, 2.05) is 35.4 Å². The Labute approximate surface area is 163 Å². The van der Waals surface area contributed by atoms with Crippen LogP contribution in [-0.2, 0) is 6.54 Å². The van der Waals surface area contributed by atoms with Crippen LogP contribution in [0.5, 0.6) is 0 Å². The molecule has 2 aliphatic carbocycles. The highest BCUT2D eigenvalue weighted by molar-refractivity contribution is 7.20. The Morgan fingerprint density at radius 1 is 1.15 bits per heavy atom. The largest absolute Gasteiger partial charge is 0.333 e. The molecule has 2 aliphatic rings. The highest BCUT2D eigenvalue weighted by Crippen LogP contribution is 2.44. The van der Waals surface area contributed by atoms with E-state index in [1.165, 1.54) is 17.5 Å². The third-order valence-electron chi connectivity index (χ3n) is 5.89. The quantitative estimate of drug-likeness (QED) is 0.579. The van der Waals surface area contributed by atoms with Gasteiger partial charge in [-0.05, 0) is 59.7 Å². The van der Waals surface area contributed by atoms with Crippen molar-refractivity contribution < 1.29 is 4.79 Å². The third-order valence-corrected chi connectivity index (χ3v) is 7.00. The zero-order chi connectivity index (χ0) is 18.2. The van der Waals surface area contributed by atoms with Gasteiger partial charge in [-0.1, -0.05) is 36.4 Å². The van der Waals surface area contributed by atoms with Crippen molar-refractivity contribution in [3.8, 4) is 0 Å². The Kier molecular flexibility index (Phi) is 4.29. The third kappa shape index (κ3) is 3.30. The second-order valence-corrected chi connectivity index (χ2v) is 8.82. The van der Waals surface area contributed by atoms with Gasteiger partial charge in [0.15, 0.2) is 0 Å². The number of benzene rings is 1. The van der Waals surface area contributed by atoms with Crippen molar-refractivity contribution in [3.05, 3.63) is 77.5 Å². The van der Waals surface area contributed by atoms with Crippen LogP contribution in [0.3, 0.4) is 0 Å². The number of hydrogen-bond acceptors (Lipinski definition) is 3. The van der Waals surface area contributed by atoms with Crippen molar-refractivity contribution in [2.24, 2.45) is 17.8 Å². The van der Waals surface area contributed by atoms with E-state index < -0.39 is 0 Å². The van der Waals surface area contributed by atoms with Crippen molar-refractivity contribution in [1.82, 2.24) is 9.88 Å². The van der Waals surface area contributed by atoms with Crippen LogP contribution in [0.25, 0.3) is 10.1 Å². The molecule has 1 fully saturated rings. The van der Waals surface area contributed by atoms with Crippen LogP contribution in [0.15, 0.2) is 67.0 Å². The van der Waals surface area contributed by atoms with Crippen LogP contribution < -0.4 is 0 Å². The van der Waals surface area contributed by atoms with Crippen molar-refractivity contribution in [2.75, 3.05) is 6.54 Å². The maximum atomic E-state index is 13.4. The molecule has 0 radical (unpaired) electrons. The highest BCUT2D eigenvalue weighted by atomic mass is 32.1. The van der Waals surface area contributed by atoms with E-state index in [1.54, 1.807) is 17.5 Å². The lowest BCUT2D eigenvalue weighted by Gasteiger charge is -2.28. The van der Waals surface area contributed by atoms with E-state index in [4.69, 9.17) is 0 Å². The first-order valence-corrected chi connectivity index (χ1v) is 10.4. The maximum absolute atomic E-state index is 13.4. The SMILES string of the molecule is O=C(c1cc2ccccc2s1)N(Cc1cccnc1)C[C@H]1C[C@H]2C=C[C@H]1C2. The van der Waals surface area contributed by atoms with Gasteiger partial charge < -0.3 is 4.90 Å². The number of amides is 1. The Morgan fingerprint density at radius 3 is 2.81 bits per heavy atom. The van der Waals surface area contributed by atoms with Crippen LogP contribution >= 0.6 is 11.3 Å². The number of thiophene rings is 1. The smallest absolute Gasteiger partial charge is 0.264 e. The van der Waals surface area contributed by atoms with Gasteiger partial charge in [-0.15, -0.1) is 11.3 Å². The fraction of sp³-hybridized carbons (Fsp3) is 0.304. The molecule has 3 atom stereocenters. The molecular weight excluding hydrogens is 352 g/mol. The first-order chi connectivity index (χ1) is 13.3. The molecule has 136 valence electrons. The van der Waals surface area contributed by atoms with Gasteiger partial charge in [0, 0.05) is 30.2 Å². The van der Waals surface area contributed by atoms with E-state index in [9.17, 15) is 4.79 Å². The van der Waals surface area contributed by atoms with Crippen LogP contribution in [-0.4, -0.2) is 22.3 Å². The van der Waals surface area contributed by atoms with E-state index in [0.717, 1.165) is 28.3 Å². The fourth-order valence-corrected chi connectivity index (χ4v) is 5.59. The maximum Gasteiger partial charge on any atom is 0.264 e. The Balaban J connectivity index is 1.42. The van der Waals surface area contributed by atoms with E-state index in [0.29, 0.717) is 18.4 Å². The molecule has 0 spiro atoms. The van der Waals surface area contributed by atoms with Gasteiger partial charge in [-0.25, -0.2) is 0 Å². The van der Waals surface area contributed by atoms with Crippen LogP contribution in [0.1, 0.15) is 28.1 Å². The van der Waals surface area contributed by atoms with Gasteiger partial charge in [0.25, 0.3) is 5.91 Å². The van der Waals surface area contributed by atoms with Gasteiger partial charge in [-0.3, -0.25) is 9.78 Å². The van der Waals surface area contributed by atoms with Crippen LogP contribution in [0.4, 0.5) is 0 Å². The minimum atomic E-state index is 0.145. The number of rotatable bonds is 5. The summed E-state index contributed by atoms with van der Waals surface area (Å²) >= 11 is 1.60. The number of allylic oxidation sites excluding steroid dienone is 2. The van der Waals surface area contributed by atoms with Gasteiger partial charge in [-0.2, -0.15) is 0 Å². The summed E-state index contributed by atoms with van der Waals surface area (Å²) in [6.45, 7) is 1.45. The zero-order valence-corrected chi connectivity index (χ0v) is 15.9. The number of pyridine rings is 1. The first-order valence-electron chi connectivity index (χ1n) is 9.61. The summed E-state index contributed by atoms with van der Waals surface area (Å²) < 4.78 is 1.17. The Morgan fingerprint density at radius 2 is 2.07 bits per heavy atom. The molecule has 2 bridgehead atoms. The average Bonchev–Trinajstić information content (AvgIpc) is 3.42. The fourth-order valence-electron chi connectivity index (χ4n) is 4.56. The molecule has 2 aromatic heterocycles. The minimum Gasteiger partial charge on any atom is -0.333 e. The molecule has 0 aliphatic heterocycles. The van der Waals surface area contributed by atoms with Gasteiger partial charge in [0.1, 0.15) is 0 Å². The van der Waals surface area contributed by atoms with Crippen LogP contribution in [0.2, 0.25) is 0 Å². The summed E-state index contributed by atoms with van der Waals surface area (Å²) in [6.07, 6.45) is 10.9. The van der Waals surface area contributed by atoms with Crippen LogP contribution in [0, 0.1) is 17.8 Å². The minimum absolute atomic E-state index is 0.145. The molecule has 5 rings (SSSR count). The van der Waals surface area contributed by atoms with Crippen molar-refractivity contribution in [3.63, 3.8) is 0 Å². The summed E-state index contributed by atoms with van der Waals surface area (Å²) in [7, 11) is 0. The van der Waals surface area contributed by atoms with Crippen molar-refractivity contribution >= 4 is 27.3 Å². The van der Waals surface area contributed by atoms with E-state index >= 15 is 0 Å². The molecule has 2 heterocycles. The predicted octanol–water partition coefficient (Wildman–Crippen LogP) is 5.15. The molecule has 1 amide bonds. The molecule has 0 N–H and O–H groups in total. The predicted molar refractivity (Wildman–Crippen MR) is 110 cm³/mol. The van der Waals surface area contributed by atoms with Gasteiger partial charge in [0.2, 0.25) is 0 Å². The number of fused-ring (bicyclic) bond motifs is 3. The lowest BCUT2D eigenvalue weighted by atomic mass is 9.93. The van der Waals surface area contributed by atoms with Crippen molar-refractivity contribution in [1.29, 1.82) is 0 Å². The summed E-state index contributed by atoms with van der Waals surface area (Å²) in [5.41, 5.74) is 1.09. The number of nitrogens with zero attached hydrogens (tertiary/aromatic N) is 2. The number of aromatic nitrogens is 1. The zero-order valence-electron chi connectivity index (χ0n) is 15.1. The standard InChI is InChI=1S/C23H22N2OS/c26-23(22-12-19-5-1-2-6-21(19)27-22)25(14-17-4-3-9-24-13-17)15-20-11-16-7-8-18(20)10-16/h1-9,12-13,16,18,20H,10-11,14-15H2/t16-,18-,20+/m0/s1. The molecule has 3 aromatic rings.